The summed E-state index contributed by atoms with van der Waals surface area (Å²) in [6.07, 6.45) is 0.921. The molecule has 17 heavy (non-hydrogen) atoms. The molecule has 1 unspecified atom stereocenters. The molecule has 1 aromatic rings. The highest BCUT2D eigenvalue weighted by atomic mass is 35.5. The number of nitrogens with zero attached hydrogens (tertiary/aromatic N) is 2. The first-order chi connectivity index (χ1) is 8.06. The number of anilines is 1. The van der Waals surface area contributed by atoms with Crippen molar-refractivity contribution in [2.24, 2.45) is 0 Å². The van der Waals surface area contributed by atoms with Crippen LogP contribution in [0.2, 0.25) is 0 Å². The fraction of sp³-hybridized carbons (Fsp3) is 0.500. The Hall–Kier alpha value is -0.810. The fourth-order valence-corrected chi connectivity index (χ4v) is 2.87. The van der Waals surface area contributed by atoms with Crippen molar-refractivity contribution in [3.05, 3.63) is 34.5 Å². The molecule has 0 bridgehead atoms. The summed E-state index contributed by atoms with van der Waals surface area (Å²) in [6, 6.07) is 5.49. The van der Waals surface area contributed by atoms with Gasteiger partial charge in [-0.15, -0.1) is 11.6 Å². The van der Waals surface area contributed by atoms with Crippen LogP contribution in [0, 0.1) is 5.21 Å². The smallest absolute Gasteiger partial charge is 0.107 e. The molecule has 0 radical (unpaired) electrons. The minimum Gasteiger partial charge on any atom is -0.733 e. The van der Waals surface area contributed by atoms with Gasteiger partial charge in [0.15, 0.2) is 0 Å². The average Bonchev–Trinajstić information content (AvgIpc) is 2.28. The van der Waals surface area contributed by atoms with Gasteiger partial charge in [-0.2, -0.15) is 0 Å². The first-order valence-electron chi connectivity index (χ1n) is 5.72. The Morgan fingerprint density at radius 3 is 2.94 bits per heavy atom. The molecule has 1 N–H and O–H groups in total. The van der Waals surface area contributed by atoms with E-state index in [0.29, 0.717) is 11.6 Å². The van der Waals surface area contributed by atoms with Gasteiger partial charge >= 0.3 is 0 Å². The Bertz CT molecular complexity index is 411. The van der Waals surface area contributed by atoms with Crippen LogP contribution >= 0.6 is 11.6 Å². The van der Waals surface area contributed by atoms with Crippen molar-refractivity contribution in [2.75, 3.05) is 31.2 Å². The summed E-state index contributed by atoms with van der Waals surface area (Å²) in [4.78, 5) is 0. The van der Waals surface area contributed by atoms with Crippen molar-refractivity contribution >= 4 is 17.3 Å². The van der Waals surface area contributed by atoms with Gasteiger partial charge in [-0.25, -0.2) is 0 Å². The van der Waals surface area contributed by atoms with E-state index >= 15 is 0 Å². The van der Waals surface area contributed by atoms with Gasteiger partial charge in [0.2, 0.25) is 0 Å². The van der Waals surface area contributed by atoms with Crippen LogP contribution in [-0.2, 0) is 13.0 Å². The summed E-state index contributed by atoms with van der Waals surface area (Å²) in [7, 11) is 2.13. The number of rotatable bonds is 3. The second-order valence-corrected chi connectivity index (χ2v) is 5.23. The summed E-state index contributed by atoms with van der Waals surface area (Å²) >= 11 is 5.82. The minimum atomic E-state index is -0.0326. The van der Waals surface area contributed by atoms with Gasteiger partial charge in [0.05, 0.1) is 31.7 Å². The molecule has 0 aliphatic carbocycles. The van der Waals surface area contributed by atoms with E-state index in [2.05, 4.69) is 7.05 Å². The Morgan fingerprint density at radius 1 is 1.53 bits per heavy atom. The lowest BCUT2D eigenvalue weighted by molar-refractivity contribution is -0.922. The van der Waals surface area contributed by atoms with E-state index in [1.165, 1.54) is 0 Å². The Kier molecular flexibility index (Phi) is 3.58. The maximum Gasteiger partial charge on any atom is 0.107 e. The normalized spacial score (nSPS) is 23.3. The van der Waals surface area contributed by atoms with Gasteiger partial charge in [-0.05, 0) is 11.6 Å². The van der Waals surface area contributed by atoms with Crippen molar-refractivity contribution in [1.29, 1.82) is 0 Å². The van der Waals surface area contributed by atoms with Crippen molar-refractivity contribution < 1.29 is 9.69 Å². The molecule has 94 valence electrons. The number of hydrogen-bond acceptors (Lipinski definition) is 3. The van der Waals surface area contributed by atoms with Crippen LogP contribution in [0.1, 0.15) is 11.1 Å². The summed E-state index contributed by atoms with van der Waals surface area (Å²) in [5, 5.41) is 20.2. The van der Waals surface area contributed by atoms with Crippen molar-refractivity contribution in [2.45, 2.75) is 13.0 Å². The molecular formula is C12H17ClN2O2. The largest absolute Gasteiger partial charge is 0.733 e. The zero-order valence-corrected chi connectivity index (χ0v) is 10.7. The predicted octanol–water partition coefficient (Wildman–Crippen LogP) is 2.12. The fourth-order valence-electron chi connectivity index (χ4n) is 2.46. The molecule has 0 saturated heterocycles. The number of hydrogen-bond donors (Lipinski definition) is 1. The Labute approximate surface area is 106 Å². The second-order valence-electron chi connectivity index (χ2n) is 4.85. The highest BCUT2D eigenvalue weighted by molar-refractivity contribution is 6.17. The monoisotopic (exact) mass is 256 g/mol. The SMILES string of the molecule is C[N+]1(CCCl)CCc2cccc(N([O-])O)c2C1. The van der Waals surface area contributed by atoms with Gasteiger partial charge < -0.3 is 14.9 Å². The number of halogens is 1. The van der Waals surface area contributed by atoms with Crippen molar-refractivity contribution in [3.63, 3.8) is 0 Å². The molecule has 1 aliphatic heterocycles. The summed E-state index contributed by atoms with van der Waals surface area (Å²) in [5.74, 6) is 0.605. The molecule has 2 rings (SSSR count). The lowest BCUT2D eigenvalue weighted by Crippen LogP contribution is -2.49. The molecule has 0 aromatic heterocycles. The standard InChI is InChI=1S/C12H17ClN2O2/c1-15(8-6-13)7-5-10-3-2-4-12(14(16)17)11(10)9-15/h2-4,16H,5-9H2,1H3. The topological polar surface area (TPSA) is 46.5 Å². The van der Waals surface area contributed by atoms with Crippen molar-refractivity contribution in [1.82, 2.24) is 0 Å². The van der Waals surface area contributed by atoms with Crippen LogP contribution in [0.3, 0.4) is 0 Å². The minimum absolute atomic E-state index is 0.0326. The highest BCUT2D eigenvalue weighted by Gasteiger charge is 2.29. The molecule has 0 fully saturated rings. The van der Waals surface area contributed by atoms with Crippen LogP contribution in [0.5, 0.6) is 0 Å². The third-order valence-electron chi connectivity index (χ3n) is 3.54. The predicted molar refractivity (Wildman–Crippen MR) is 68.1 cm³/mol. The molecule has 4 nitrogen and oxygen atoms in total. The van der Waals surface area contributed by atoms with E-state index < -0.39 is 0 Å². The van der Waals surface area contributed by atoms with E-state index in [4.69, 9.17) is 16.8 Å². The summed E-state index contributed by atoms with van der Waals surface area (Å²) in [6.45, 7) is 2.64. The van der Waals surface area contributed by atoms with Gasteiger partial charge in [0.1, 0.15) is 6.54 Å². The van der Waals surface area contributed by atoms with Gasteiger partial charge in [0.25, 0.3) is 0 Å². The maximum atomic E-state index is 11.1. The Balaban J connectivity index is 2.35. The molecule has 1 atom stereocenters. The summed E-state index contributed by atoms with van der Waals surface area (Å²) in [5.41, 5.74) is 2.47. The van der Waals surface area contributed by atoms with E-state index in [-0.39, 0.29) is 5.23 Å². The highest BCUT2D eigenvalue weighted by Crippen LogP contribution is 2.30. The first-order valence-corrected chi connectivity index (χ1v) is 6.25. The quantitative estimate of drug-likeness (QED) is 0.512. The van der Waals surface area contributed by atoms with Crippen molar-refractivity contribution in [3.8, 4) is 0 Å². The third-order valence-corrected chi connectivity index (χ3v) is 3.71. The molecule has 1 aliphatic rings. The molecule has 1 heterocycles. The van der Waals surface area contributed by atoms with Gasteiger partial charge in [-0.1, -0.05) is 12.1 Å². The second kappa shape index (κ2) is 4.82. The zero-order valence-electron chi connectivity index (χ0n) is 9.90. The van der Waals surface area contributed by atoms with E-state index in [1.807, 2.05) is 12.1 Å². The molecule has 0 amide bonds. The van der Waals surface area contributed by atoms with Crippen LogP contribution < -0.4 is 5.23 Å². The first kappa shape index (κ1) is 12.6. The zero-order chi connectivity index (χ0) is 12.5. The van der Waals surface area contributed by atoms with Crippen LogP contribution in [0.15, 0.2) is 18.2 Å². The van der Waals surface area contributed by atoms with Crippen LogP contribution in [-0.4, -0.2) is 35.7 Å². The lowest BCUT2D eigenvalue weighted by atomic mass is 9.96. The average molecular weight is 257 g/mol. The number of alkyl halides is 1. The lowest BCUT2D eigenvalue weighted by Gasteiger charge is -2.40. The van der Waals surface area contributed by atoms with E-state index in [9.17, 15) is 5.21 Å². The molecular weight excluding hydrogens is 240 g/mol. The molecule has 1 aromatic carbocycles. The van der Waals surface area contributed by atoms with Gasteiger partial charge in [0, 0.05) is 12.0 Å². The number of likely N-dealkylation sites (N-methyl/N-ethyl adjacent to an activating group) is 1. The summed E-state index contributed by atoms with van der Waals surface area (Å²) < 4.78 is 0.821. The number of benzene rings is 1. The molecule has 5 heteroatoms. The molecule has 0 spiro atoms. The van der Waals surface area contributed by atoms with Gasteiger partial charge in [-0.3, -0.25) is 5.21 Å². The Morgan fingerprint density at radius 2 is 2.29 bits per heavy atom. The van der Waals surface area contributed by atoms with E-state index in [1.54, 1.807) is 6.07 Å². The third kappa shape index (κ3) is 2.55. The van der Waals surface area contributed by atoms with E-state index in [0.717, 1.165) is 41.7 Å². The molecule has 0 saturated carbocycles. The maximum absolute atomic E-state index is 11.1. The van der Waals surface area contributed by atoms with Crippen LogP contribution in [0.4, 0.5) is 5.69 Å². The van der Waals surface area contributed by atoms with Crippen LogP contribution in [0.25, 0.3) is 0 Å². The number of fused-ring (bicyclic) bond motifs is 1. The number of quaternary nitrogens is 1.